The second-order valence-electron chi connectivity index (χ2n) is 6.10. The van der Waals surface area contributed by atoms with Crippen molar-refractivity contribution in [2.45, 2.75) is 25.0 Å². The van der Waals surface area contributed by atoms with Crippen LogP contribution in [0.5, 0.6) is 5.75 Å². The Labute approximate surface area is 139 Å². The number of halogens is 1. The zero-order chi connectivity index (χ0) is 17.3. The average molecular weight is 333 g/mol. The molecule has 2 N–H and O–H groups in total. The fourth-order valence-electron chi connectivity index (χ4n) is 3.08. The predicted molar refractivity (Wildman–Crippen MR) is 85.1 cm³/mol. The van der Waals surface area contributed by atoms with E-state index in [1.54, 1.807) is 24.0 Å². The summed E-state index contributed by atoms with van der Waals surface area (Å²) in [6.45, 7) is 0. The van der Waals surface area contributed by atoms with E-state index in [1.165, 1.54) is 19.2 Å². The zero-order valence-electron chi connectivity index (χ0n) is 13.6. The molecule has 1 aromatic carbocycles. The lowest BCUT2D eigenvalue weighted by Gasteiger charge is -2.37. The van der Waals surface area contributed by atoms with Crippen LogP contribution in [0.25, 0.3) is 0 Å². The van der Waals surface area contributed by atoms with Gasteiger partial charge in [0.05, 0.1) is 25.5 Å². The first-order valence-corrected chi connectivity index (χ1v) is 7.79. The number of aliphatic hydroxyl groups is 1. The Balaban J connectivity index is 1.86. The van der Waals surface area contributed by atoms with Crippen LogP contribution in [0, 0.1) is 11.7 Å². The zero-order valence-corrected chi connectivity index (χ0v) is 13.6. The summed E-state index contributed by atoms with van der Waals surface area (Å²) in [5.41, 5.74) is 0.715. The number of benzene rings is 1. The molecule has 1 fully saturated rings. The van der Waals surface area contributed by atoms with Gasteiger partial charge in [-0.1, -0.05) is 6.07 Å². The van der Waals surface area contributed by atoms with Gasteiger partial charge in [-0.25, -0.2) is 4.39 Å². The van der Waals surface area contributed by atoms with Crippen molar-refractivity contribution in [1.29, 1.82) is 0 Å². The largest absolute Gasteiger partial charge is 0.496 e. The van der Waals surface area contributed by atoms with E-state index in [0.29, 0.717) is 12.8 Å². The summed E-state index contributed by atoms with van der Waals surface area (Å²) in [7, 11) is 3.18. The SMILES string of the molecule is COc1cccc(F)c1C(=O)N[C@@H](c1cnn(C)c1)C1CC(O)C1. The number of hydrogen-bond donors (Lipinski definition) is 2. The Bertz CT molecular complexity index is 740. The maximum atomic E-state index is 14.1. The van der Waals surface area contributed by atoms with Crippen molar-refractivity contribution in [3.63, 3.8) is 0 Å². The van der Waals surface area contributed by atoms with E-state index in [4.69, 9.17) is 4.74 Å². The number of aliphatic hydroxyl groups excluding tert-OH is 1. The highest BCUT2D eigenvalue weighted by molar-refractivity contribution is 5.97. The first-order valence-electron chi connectivity index (χ1n) is 7.79. The Morgan fingerprint density at radius 3 is 2.83 bits per heavy atom. The highest BCUT2D eigenvalue weighted by Gasteiger charge is 2.37. The monoisotopic (exact) mass is 333 g/mol. The van der Waals surface area contributed by atoms with Crippen molar-refractivity contribution < 1.29 is 19.0 Å². The van der Waals surface area contributed by atoms with Gasteiger partial charge in [-0.3, -0.25) is 9.48 Å². The van der Waals surface area contributed by atoms with Crippen molar-refractivity contribution >= 4 is 5.91 Å². The fraction of sp³-hybridized carbons (Fsp3) is 0.412. The van der Waals surface area contributed by atoms with Gasteiger partial charge >= 0.3 is 0 Å². The third kappa shape index (κ3) is 3.12. The van der Waals surface area contributed by atoms with Crippen molar-refractivity contribution in [3.8, 4) is 5.75 Å². The Morgan fingerprint density at radius 1 is 1.50 bits per heavy atom. The highest BCUT2D eigenvalue weighted by Crippen LogP contribution is 2.38. The fourth-order valence-corrected chi connectivity index (χ4v) is 3.08. The van der Waals surface area contributed by atoms with Crippen LogP contribution in [0.15, 0.2) is 30.6 Å². The number of amides is 1. The minimum atomic E-state index is -0.634. The molecule has 0 spiro atoms. The van der Waals surface area contributed by atoms with Gasteiger partial charge in [0.15, 0.2) is 0 Å². The van der Waals surface area contributed by atoms with Crippen LogP contribution < -0.4 is 10.1 Å². The van der Waals surface area contributed by atoms with Crippen molar-refractivity contribution in [1.82, 2.24) is 15.1 Å². The molecule has 1 saturated carbocycles. The molecule has 1 aliphatic carbocycles. The van der Waals surface area contributed by atoms with Crippen molar-refractivity contribution in [2.75, 3.05) is 7.11 Å². The molecule has 7 heteroatoms. The van der Waals surface area contributed by atoms with Gasteiger partial charge in [-0.15, -0.1) is 0 Å². The summed E-state index contributed by atoms with van der Waals surface area (Å²) in [5, 5.41) is 16.6. The number of rotatable bonds is 5. The van der Waals surface area contributed by atoms with Gasteiger partial charge in [0.2, 0.25) is 0 Å². The molecule has 0 unspecified atom stereocenters. The van der Waals surface area contributed by atoms with Crippen molar-refractivity contribution in [3.05, 3.63) is 47.5 Å². The van der Waals surface area contributed by atoms with Crippen LogP contribution in [0.4, 0.5) is 4.39 Å². The van der Waals surface area contributed by atoms with E-state index < -0.39 is 11.7 Å². The van der Waals surface area contributed by atoms with Gasteiger partial charge in [0.25, 0.3) is 5.91 Å². The molecular weight excluding hydrogens is 313 g/mol. The summed E-state index contributed by atoms with van der Waals surface area (Å²) >= 11 is 0. The predicted octanol–water partition coefficient (Wildman–Crippen LogP) is 1.81. The summed E-state index contributed by atoms with van der Waals surface area (Å²) in [6, 6.07) is 3.93. The van der Waals surface area contributed by atoms with Gasteiger partial charge in [0, 0.05) is 18.8 Å². The summed E-state index contributed by atoms with van der Waals surface area (Å²) in [5.74, 6) is -0.900. The molecule has 6 nitrogen and oxygen atoms in total. The van der Waals surface area contributed by atoms with Crippen LogP contribution in [-0.4, -0.2) is 34.0 Å². The van der Waals surface area contributed by atoms with E-state index in [2.05, 4.69) is 10.4 Å². The van der Waals surface area contributed by atoms with Crippen molar-refractivity contribution in [2.24, 2.45) is 13.0 Å². The third-order valence-electron chi connectivity index (χ3n) is 4.41. The molecule has 0 saturated heterocycles. The molecular formula is C17H20FN3O3. The smallest absolute Gasteiger partial charge is 0.258 e. The summed E-state index contributed by atoms with van der Waals surface area (Å²) in [4.78, 5) is 12.6. The lowest BCUT2D eigenvalue weighted by molar-refractivity contribution is 0.0234. The number of methoxy groups -OCH3 is 1. The topological polar surface area (TPSA) is 76.4 Å². The molecule has 1 atom stereocenters. The molecule has 0 bridgehead atoms. The molecule has 128 valence electrons. The van der Waals surface area contributed by atoms with Gasteiger partial charge in [-0.2, -0.15) is 5.10 Å². The van der Waals surface area contributed by atoms with Crippen LogP contribution in [0.3, 0.4) is 0 Å². The average Bonchev–Trinajstić information content (AvgIpc) is 2.95. The minimum absolute atomic E-state index is 0.0888. The standard InChI is InChI=1S/C17H20FN3O3/c1-21-9-11(8-19-21)16(10-6-12(22)7-10)20-17(23)15-13(18)4-3-5-14(15)24-2/h3-5,8-10,12,16,22H,6-7H2,1-2H3,(H,20,23)/t10?,12?,16-/m1/s1. The number of aryl methyl sites for hydroxylation is 1. The Hall–Kier alpha value is -2.41. The molecule has 3 rings (SSSR count). The number of nitrogens with one attached hydrogen (secondary N) is 1. The number of aromatic nitrogens is 2. The molecule has 24 heavy (non-hydrogen) atoms. The highest BCUT2D eigenvalue weighted by atomic mass is 19.1. The molecule has 2 aromatic rings. The van der Waals surface area contributed by atoms with Crippen LogP contribution in [0.2, 0.25) is 0 Å². The van der Waals surface area contributed by atoms with Gasteiger partial charge in [-0.05, 0) is 30.9 Å². The summed E-state index contributed by atoms with van der Waals surface area (Å²) in [6.07, 6.45) is 4.32. The maximum absolute atomic E-state index is 14.1. The van der Waals surface area contributed by atoms with E-state index >= 15 is 0 Å². The van der Waals surface area contributed by atoms with Crippen LogP contribution >= 0.6 is 0 Å². The molecule has 1 aromatic heterocycles. The number of nitrogens with zero attached hydrogens (tertiary/aromatic N) is 2. The number of hydrogen-bond acceptors (Lipinski definition) is 4. The van der Waals surface area contributed by atoms with Crippen LogP contribution in [-0.2, 0) is 7.05 Å². The molecule has 0 radical (unpaired) electrons. The molecule has 1 amide bonds. The van der Waals surface area contributed by atoms with E-state index in [0.717, 1.165) is 5.56 Å². The second-order valence-corrected chi connectivity index (χ2v) is 6.10. The van der Waals surface area contributed by atoms with Gasteiger partial charge < -0.3 is 15.2 Å². The van der Waals surface area contributed by atoms with Crippen LogP contribution in [0.1, 0.15) is 34.8 Å². The summed E-state index contributed by atoms with van der Waals surface area (Å²) < 4.78 is 20.9. The lowest BCUT2D eigenvalue weighted by Crippen LogP contribution is -2.41. The van der Waals surface area contributed by atoms with E-state index in [-0.39, 0.29) is 29.4 Å². The maximum Gasteiger partial charge on any atom is 0.258 e. The first kappa shape index (κ1) is 16.4. The van der Waals surface area contributed by atoms with Gasteiger partial charge in [0.1, 0.15) is 17.1 Å². The normalized spacial score (nSPS) is 21.0. The first-order chi connectivity index (χ1) is 11.5. The quantitative estimate of drug-likeness (QED) is 0.875. The Morgan fingerprint density at radius 2 is 2.25 bits per heavy atom. The number of carbonyl (C=O) groups is 1. The van der Waals surface area contributed by atoms with E-state index in [1.807, 2.05) is 6.20 Å². The third-order valence-corrected chi connectivity index (χ3v) is 4.41. The molecule has 1 aliphatic rings. The van der Waals surface area contributed by atoms with E-state index in [9.17, 15) is 14.3 Å². The lowest BCUT2D eigenvalue weighted by atomic mass is 9.75. The molecule has 0 aliphatic heterocycles. The minimum Gasteiger partial charge on any atom is -0.496 e. The number of ether oxygens (including phenoxy) is 1. The Kier molecular flexibility index (Phi) is 4.53. The molecule has 1 heterocycles. The number of carbonyl (C=O) groups excluding carboxylic acids is 1. The second kappa shape index (κ2) is 6.60.